The van der Waals surface area contributed by atoms with E-state index >= 15 is 0 Å². The van der Waals surface area contributed by atoms with Crippen molar-refractivity contribution in [2.24, 2.45) is 0 Å². The van der Waals surface area contributed by atoms with E-state index in [0.717, 1.165) is 6.42 Å². The molecule has 0 saturated heterocycles. The minimum Gasteiger partial charge on any atom is -0.214 e. The van der Waals surface area contributed by atoms with Gasteiger partial charge in [0.2, 0.25) is 0 Å². The molecule has 3 aromatic carbocycles. The Morgan fingerprint density at radius 1 is 0.950 bits per heavy atom. The fourth-order valence-corrected chi connectivity index (χ4v) is 2.01. The molecule has 0 bridgehead atoms. The standard InChI is InChI=1S/C14H13.C5H5.Co/c1-2-7-12-10-6-11-14(12)13-8-4-3-5-9-13;1-2-4-5-3-1;/h2-6,8-11H,1,7H2;1-5H;/q2*-1;+2. The molecule has 0 aromatic heterocycles. The Kier molecular flexibility index (Phi) is 7.41. The van der Waals surface area contributed by atoms with Crippen molar-refractivity contribution in [2.45, 2.75) is 6.42 Å². The number of rotatable bonds is 3. The van der Waals surface area contributed by atoms with Gasteiger partial charge in [-0.25, -0.2) is 12.1 Å². The summed E-state index contributed by atoms with van der Waals surface area (Å²) >= 11 is 0. The van der Waals surface area contributed by atoms with Crippen LogP contribution >= 0.6 is 0 Å². The molecule has 0 spiro atoms. The summed E-state index contributed by atoms with van der Waals surface area (Å²) in [5.74, 6) is 0. The van der Waals surface area contributed by atoms with Crippen molar-refractivity contribution < 1.29 is 16.8 Å². The van der Waals surface area contributed by atoms with Crippen LogP contribution in [-0.4, -0.2) is 0 Å². The Morgan fingerprint density at radius 3 is 2.20 bits per heavy atom. The Bertz CT molecular complexity index is 556. The third kappa shape index (κ3) is 4.69. The third-order valence-electron chi connectivity index (χ3n) is 2.91. The maximum absolute atomic E-state index is 3.77. The van der Waals surface area contributed by atoms with Crippen LogP contribution < -0.4 is 0 Å². The minimum absolute atomic E-state index is 0. The van der Waals surface area contributed by atoms with Crippen molar-refractivity contribution in [3.05, 3.63) is 97.1 Å². The molecule has 3 rings (SSSR count). The molecule has 0 saturated carbocycles. The normalized spacial score (nSPS) is 9.00. The second-order valence-electron chi connectivity index (χ2n) is 4.29. The molecule has 103 valence electrons. The minimum atomic E-state index is 0. The van der Waals surface area contributed by atoms with Gasteiger partial charge in [-0.05, 0) is 6.42 Å². The first kappa shape index (κ1) is 16.2. The summed E-state index contributed by atoms with van der Waals surface area (Å²) in [6, 6.07) is 26.9. The van der Waals surface area contributed by atoms with E-state index in [1.54, 1.807) is 0 Å². The Morgan fingerprint density at radius 2 is 1.65 bits per heavy atom. The largest absolute Gasteiger partial charge is 2.00 e. The van der Waals surface area contributed by atoms with Crippen LogP contribution in [-0.2, 0) is 23.2 Å². The van der Waals surface area contributed by atoms with Gasteiger partial charge in [0.05, 0.1) is 0 Å². The number of allylic oxidation sites excluding steroid dienone is 1. The molecule has 0 amide bonds. The SMILES string of the molecule is C=CC[c-]1cccc1-c1ccccc1.[Co+2].c1cc[cH-]c1. The summed E-state index contributed by atoms with van der Waals surface area (Å²) in [5, 5.41) is 0. The summed E-state index contributed by atoms with van der Waals surface area (Å²) in [5.41, 5.74) is 3.96. The van der Waals surface area contributed by atoms with Gasteiger partial charge in [-0.1, -0.05) is 42.0 Å². The van der Waals surface area contributed by atoms with E-state index in [9.17, 15) is 0 Å². The first-order chi connectivity index (χ1) is 9.42. The average Bonchev–Trinajstić information content (AvgIpc) is 3.15. The fraction of sp³-hybridized carbons (Fsp3) is 0.0526. The summed E-state index contributed by atoms with van der Waals surface area (Å²) in [6.45, 7) is 3.77. The first-order valence-electron chi connectivity index (χ1n) is 6.49. The fourth-order valence-electron chi connectivity index (χ4n) is 2.01. The molecule has 0 nitrogen and oxygen atoms in total. The van der Waals surface area contributed by atoms with E-state index < -0.39 is 0 Å². The van der Waals surface area contributed by atoms with Crippen LogP contribution in [0.1, 0.15) is 5.56 Å². The van der Waals surface area contributed by atoms with Crippen molar-refractivity contribution in [1.29, 1.82) is 0 Å². The van der Waals surface area contributed by atoms with Gasteiger partial charge in [-0.3, -0.25) is 0 Å². The van der Waals surface area contributed by atoms with Gasteiger partial charge in [-0.2, -0.15) is 36.4 Å². The van der Waals surface area contributed by atoms with Crippen molar-refractivity contribution in [1.82, 2.24) is 0 Å². The molecule has 0 aliphatic rings. The van der Waals surface area contributed by atoms with Crippen molar-refractivity contribution in [3.8, 4) is 11.1 Å². The van der Waals surface area contributed by atoms with E-state index in [-0.39, 0.29) is 16.8 Å². The predicted molar refractivity (Wildman–Crippen MR) is 83.4 cm³/mol. The van der Waals surface area contributed by atoms with Gasteiger partial charge in [0.15, 0.2) is 0 Å². The Balaban J connectivity index is 0.000000283. The van der Waals surface area contributed by atoms with E-state index in [0.29, 0.717) is 0 Å². The van der Waals surface area contributed by atoms with Crippen LogP contribution in [0.2, 0.25) is 0 Å². The van der Waals surface area contributed by atoms with E-state index in [2.05, 4.69) is 49.0 Å². The van der Waals surface area contributed by atoms with Gasteiger partial charge in [0, 0.05) is 0 Å². The van der Waals surface area contributed by atoms with Gasteiger partial charge in [-0.15, -0.1) is 17.7 Å². The third-order valence-corrected chi connectivity index (χ3v) is 2.91. The molecular formula is C19H18Co. The molecule has 0 N–H and O–H groups in total. The molecule has 0 fully saturated rings. The zero-order valence-corrected chi connectivity index (χ0v) is 12.4. The smallest absolute Gasteiger partial charge is 0.214 e. The Hall–Kier alpha value is -1.83. The molecule has 3 aromatic rings. The van der Waals surface area contributed by atoms with Gasteiger partial charge < -0.3 is 0 Å². The topological polar surface area (TPSA) is 0 Å². The van der Waals surface area contributed by atoms with Gasteiger partial charge in [0.25, 0.3) is 0 Å². The molecule has 1 radical (unpaired) electrons. The van der Waals surface area contributed by atoms with E-state index in [1.165, 1.54) is 16.7 Å². The molecule has 0 unspecified atom stereocenters. The maximum Gasteiger partial charge on any atom is 2.00 e. The maximum atomic E-state index is 3.77. The predicted octanol–water partition coefficient (Wildman–Crippen LogP) is 5.20. The van der Waals surface area contributed by atoms with E-state index in [4.69, 9.17) is 0 Å². The number of hydrogen-bond donors (Lipinski definition) is 0. The van der Waals surface area contributed by atoms with Crippen molar-refractivity contribution >= 4 is 0 Å². The van der Waals surface area contributed by atoms with Crippen LogP contribution in [0.4, 0.5) is 0 Å². The average molecular weight is 305 g/mol. The Labute approximate surface area is 131 Å². The van der Waals surface area contributed by atoms with Crippen LogP contribution in [0, 0.1) is 0 Å². The number of benzene rings is 1. The van der Waals surface area contributed by atoms with Crippen LogP contribution in [0.5, 0.6) is 0 Å². The monoisotopic (exact) mass is 305 g/mol. The summed E-state index contributed by atoms with van der Waals surface area (Å²) in [7, 11) is 0. The van der Waals surface area contributed by atoms with Crippen LogP contribution in [0.3, 0.4) is 0 Å². The zero-order valence-electron chi connectivity index (χ0n) is 11.3. The summed E-state index contributed by atoms with van der Waals surface area (Å²) < 4.78 is 0. The van der Waals surface area contributed by atoms with Crippen molar-refractivity contribution in [3.63, 3.8) is 0 Å². The summed E-state index contributed by atoms with van der Waals surface area (Å²) in [6.07, 6.45) is 2.89. The van der Waals surface area contributed by atoms with Crippen molar-refractivity contribution in [2.75, 3.05) is 0 Å². The molecule has 0 atom stereocenters. The first-order valence-corrected chi connectivity index (χ1v) is 6.49. The zero-order chi connectivity index (χ0) is 13.3. The second-order valence-corrected chi connectivity index (χ2v) is 4.29. The summed E-state index contributed by atoms with van der Waals surface area (Å²) in [4.78, 5) is 0. The quantitative estimate of drug-likeness (QED) is 0.460. The van der Waals surface area contributed by atoms with Gasteiger partial charge in [0.1, 0.15) is 0 Å². The molecule has 0 aliphatic carbocycles. The van der Waals surface area contributed by atoms with Crippen LogP contribution in [0.15, 0.2) is 91.5 Å². The molecule has 0 aliphatic heterocycles. The molecule has 0 heterocycles. The van der Waals surface area contributed by atoms with E-state index in [1.807, 2.05) is 42.5 Å². The molecular weight excluding hydrogens is 287 g/mol. The second kappa shape index (κ2) is 9.13. The van der Waals surface area contributed by atoms with Gasteiger partial charge >= 0.3 is 16.8 Å². The molecule has 20 heavy (non-hydrogen) atoms. The number of hydrogen-bond acceptors (Lipinski definition) is 0. The van der Waals surface area contributed by atoms with Crippen LogP contribution in [0.25, 0.3) is 11.1 Å². The molecule has 1 heteroatoms.